The number of nitrogens with one attached hydrogen (secondary N) is 2. The van der Waals surface area contributed by atoms with E-state index < -0.39 is 0 Å². The van der Waals surface area contributed by atoms with E-state index in [0.29, 0.717) is 11.9 Å². The Morgan fingerprint density at radius 2 is 1.81 bits per heavy atom. The van der Waals surface area contributed by atoms with Gasteiger partial charge in [-0.3, -0.25) is 0 Å². The molecule has 1 heterocycles. The molecule has 0 amide bonds. The number of nitrogens with zero attached hydrogens (tertiary/aromatic N) is 2. The van der Waals surface area contributed by atoms with Crippen LogP contribution in [0, 0.1) is 6.92 Å². The van der Waals surface area contributed by atoms with E-state index in [-0.39, 0.29) is 0 Å². The first kappa shape index (κ1) is 15.3. The number of rotatable bonds is 6. The van der Waals surface area contributed by atoms with Crippen LogP contribution in [0.4, 0.5) is 17.5 Å². The summed E-state index contributed by atoms with van der Waals surface area (Å²) in [6.07, 6.45) is 1.07. The fraction of sp³-hybridized carbons (Fsp3) is 0.412. The summed E-state index contributed by atoms with van der Waals surface area (Å²) in [6.45, 7) is 9.41. The largest absolute Gasteiger partial charge is 0.370 e. The lowest BCUT2D eigenvalue weighted by Crippen LogP contribution is -2.06. The van der Waals surface area contributed by atoms with Gasteiger partial charge in [-0.2, -0.15) is 4.98 Å². The minimum atomic E-state index is 0.541. The van der Waals surface area contributed by atoms with Crippen molar-refractivity contribution in [3.8, 4) is 0 Å². The molecule has 0 atom stereocenters. The van der Waals surface area contributed by atoms with Gasteiger partial charge in [-0.15, -0.1) is 0 Å². The molecule has 0 aliphatic rings. The molecule has 112 valence electrons. The van der Waals surface area contributed by atoms with Gasteiger partial charge in [0.15, 0.2) is 0 Å². The van der Waals surface area contributed by atoms with Crippen molar-refractivity contribution in [2.45, 2.75) is 40.0 Å². The van der Waals surface area contributed by atoms with E-state index >= 15 is 0 Å². The Balaban J connectivity index is 2.12. The minimum Gasteiger partial charge on any atom is -0.370 e. The molecule has 0 aliphatic carbocycles. The first-order valence-corrected chi connectivity index (χ1v) is 7.55. The van der Waals surface area contributed by atoms with Gasteiger partial charge in [0.25, 0.3) is 0 Å². The lowest BCUT2D eigenvalue weighted by molar-refractivity contribution is 0.867. The lowest BCUT2D eigenvalue weighted by Gasteiger charge is -2.10. The Kier molecular flexibility index (Phi) is 5.14. The number of hydrogen-bond acceptors (Lipinski definition) is 4. The summed E-state index contributed by atoms with van der Waals surface area (Å²) in [5, 5.41) is 6.56. The van der Waals surface area contributed by atoms with Crippen LogP contribution in [-0.2, 0) is 0 Å². The molecular weight excluding hydrogens is 260 g/mol. The molecular formula is C17H24N4. The van der Waals surface area contributed by atoms with Crippen molar-refractivity contribution in [2.24, 2.45) is 0 Å². The number of aryl methyl sites for hydroxylation is 1. The van der Waals surface area contributed by atoms with Gasteiger partial charge in [0, 0.05) is 24.0 Å². The summed E-state index contributed by atoms with van der Waals surface area (Å²) in [4.78, 5) is 8.92. The van der Waals surface area contributed by atoms with Gasteiger partial charge in [-0.05, 0) is 37.0 Å². The smallest absolute Gasteiger partial charge is 0.229 e. The number of hydrogen-bond donors (Lipinski definition) is 2. The quantitative estimate of drug-likeness (QED) is 0.821. The molecule has 4 heteroatoms. The summed E-state index contributed by atoms with van der Waals surface area (Å²) in [7, 11) is 0. The maximum atomic E-state index is 4.49. The van der Waals surface area contributed by atoms with Gasteiger partial charge in [0.2, 0.25) is 5.95 Å². The zero-order valence-electron chi connectivity index (χ0n) is 13.3. The second kappa shape index (κ2) is 7.07. The molecule has 0 saturated heterocycles. The van der Waals surface area contributed by atoms with Gasteiger partial charge in [-0.1, -0.05) is 32.9 Å². The van der Waals surface area contributed by atoms with Crippen molar-refractivity contribution >= 4 is 17.5 Å². The first-order chi connectivity index (χ1) is 10.1. The average Bonchev–Trinajstić information content (AvgIpc) is 2.45. The van der Waals surface area contributed by atoms with Gasteiger partial charge < -0.3 is 10.6 Å². The molecule has 0 saturated carbocycles. The van der Waals surface area contributed by atoms with Gasteiger partial charge in [-0.25, -0.2) is 4.98 Å². The molecule has 0 fully saturated rings. The van der Waals surface area contributed by atoms with Crippen molar-refractivity contribution < 1.29 is 0 Å². The summed E-state index contributed by atoms with van der Waals surface area (Å²) < 4.78 is 0. The highest BCUT2D eigenvalue weighted by Crippen LogP contribution is 2.20. The van der Waals surface area contributed by atoms with E-state index in [4.69, 9.17) is 0 Å². The van der Waals surface area contributed by atoms with Crippen molar-refractivity contribution in [1.29, 1.82) is 0 Å². The molecule has 1 aromatic heterocycles. The van der Waals surface area contributed by atoms with Crippen molar-refractivity contribution in [3.05, 3.63) is 41.6 Å². The second-order valence-corrected chi connectivity index (χ2v) is 5.55. The third-order valence-electron chi connectivity index (χ3n) is 3.24. The van der Waals surface area contributed by atoms with Crippen molar-refractivity contribution in [1.82, 2.24) is 9.97 Å². The van der Waals surface area contributed by atoms with E-state index in [1.165, 1.54) is 5.56 Å². The highest BCUT2D eigenvalue weighted by atomic mass is 15.1. The maximum Gasteiger partial charge on any atom is 0.229 e. The van der Waals surface area contributed by atoms with Crippen molar-refractivity contribution in [3.63, 3.8) is 0 Å². The van der Waals surface area contributed by atoms with E-state index in [9.17, 15) is 0 Å². The molecule has 1 aromatic carbocycles. The predicted molar refractivity (Wildman–Crippen MR) is 89.4 cm³/mol. The summed E-state index contributed by atoms with van der Waals surface area (Å²) in [5.74, 6) is 2.04. The first-order valence-electron chi connectivity index (χ1n) is 7.55. The highest BCUT2D eigenvalue weighted by molar-refractivity contribution is 5.55. The molecule has 0 unspecified atom stereocenters. The molecule has 0 aliphatic heterocycles. The standard InChI is InChI=1S/C17H24N4/c1-5-10-18-16-11-13(4)19-17(21-16)20-15-8-6-14(7-9-15)12(2)3/h6-9,11-12H,5,10H2,1-4H3,(H2,18,19,20,21). The van der Waals surface area contributed by atoms with Crippen molar-refractivity contribution in [2.75, 3.05) is 17.2 Å². The highest BCUT2D eigenvalue weighted by Gasteiger charge is 2.03. The van der Waals surface area contributed by atoms with E-state index in [1.54, 1.807) is 0 Å². The molecule has 2 aromatic rings. The van der Waals surface area contributed by atoms with Crippen LogP contribution in [0.25, 0.3) is 0 Å². The third kappa shape index (κ3) is 4.45. The van der Waals surface area contributed by atoms with Crippen LogP contribution in [-0.4, -0.2) is 16.5 Å². The van der Waals surface area contributed by atoms with Gasteiger partial charge in [0.1, 0.15) is 5.82 Å². The Morgan fingerprint density at radius 1 is 1.10 bits per heavy atom. The maximum absolute atomic E-state index is 4.49. The minimum absolute atomic E-state index is 0.541. The molecule has 21 heavy (non-hydrogen) atoms. The predicted octanol–water partition coefficient (Wildman–Crippen LogP) is 4.47. The summed E-state index contributed by atoms with van der Waals surface area (Å²) >= 11 is 0. The molecule has 0 spiro atoms. The van der Waals surface area contributed by atoms with Crippen LogP contribution < -0.4 is 10.6 Å². The Hall–Kier alpha value is -2.10. The molecule has 2 N–H and O–H groups in total. The lowest BCUT2D eigenvalue weighted by atomic mass is 10.0. The van der Waals surface area contributed by atoms with Crippen LogP contribution >= 0.6 is 0 Å². The van der Waals surface area contributed by atoms with Gasteiger partial charge in [0.05, 0.1) is 0 Å². The SMILES string of the molecule is CCCNc1cc(C)nc(Nc2ccc(C(C)C)cc2)n1. The zero-order chi connectivity index (χ0) is 15.2. The Labute approximate surface area is 127 Å². The fourth-order valence-corrected chi connectivity index (χ4v) is 2.05. The molecule has 0 bridgehead atoms. The van der Waals surface area contributed by atoms with Gasteiger partial charge >= 0.3 is 0 Å². The number of aromatic nitrogens is 2. The zero-order valence-corrected chi connectivity index (χ0v) is 13.3. The van der Waals surface area contributed by atoms with Crippen LogP contribution in [0.5, 0.6) is 0 Å². The van der Waals surface area contributed by atoms with E-state index in [0.717, 1.165) is 30.2 Å². The normalized spacial score (nSPS) is 10.7. The average molecular weight is 284 g/mol. The van der Waals surface area contributed by atoms with Crippen LogP contribution in [0.3, 0.4) is 0 Å². The summed E-state index contributed by atoms with van der Waals surface area (Å²) in [5.41, 5.74) is 3.28. The topological polar surface area (TPSA) is 49.8 Å². The van der Waals surface area contributed by atoms with E-state index in [2.05, 4.69) is 65.6 Å². The van der Waals surface area contributed by atoms with Crippen LogP contribution in [0.15, 0.2) is 30.3 Å². The van der Waals surface area contributed by atoms with Crippen LogP contribution in [0.2, 0.25) is 0 Å². The second-order valence-electron chi connectivity index (χ2n) is 5.55. The van der Waals surface area contributed by atoms with Crippen LogP contribution in [0.1, 0.15) is 44.4 Å². The Bertz CT molecular complexity index is 576. The monoisotopic (exact) mass is 284 g/mol. The summed E-state index contributed by atoms with van der Waals surface area (Å²) in [6, 6.07) is 10.4. The third-order valence-corrected chi connectivity index (χ3v) is 3.24. The molecule has 4 nitrogen and oxygen atoms in total. The Morgan fingerprint density at radius 3 is 2.43 bits per heavy atom. The fourth-order valence-electron chi connectivity index (χ4n) is 2.05. The number of anilines is 3. The van der Waals surface area contributed by atoms with E-state index in [1.807, 2.05) is 13.0 Å². The molecule has 0 radical (unpaired) electrons. The molecule has 2 rings (SSSR count). The number of benzene rings is 1.